The maximum atomic E-state index is 12.9. The summed E-state index contributed by atoms with van der Waals surface area (Å²) in [6.45, 7) is 3.86. The van der Waals surface area contributed by atoms with Gasteiger partial charge in [0.15, 0.2) is 0 Å². The number of benzene rings is 1. The Hall–Kier alpha value is -1.89. The van der Waals surface area contributed by atoms with Gasteiger partial charge in [0.25, 0.3) is 10.0 Å². The first-order chi connectivity index (χ1) is 12.9. The Bertz CT molecular complexity index is 810. The maximum absolute atomic E-state index is 12.9. The summed E-state index contributed by atoms with van der Waals surface area (Å²) in [5.41, 5.74) is 0.530. The van der Waals surface area contributed by atoms with Crippen LogP contribution in [0.3, 0.4) is 0 Å². The third kappa shape index (κ3) is 4.69. The number of fused-ring (bicyclic) bond motifs is 1. The molecular formula is C20H29N3O3S. The Morgan fingerprint density at radius 2 is 1.74 bits per heavy atom. The highest BCUT2D eigenvalue weighted by Crippen LogP contribution is 2.24. The normalized spacial score (nSPS) is 22.6. The van der Waals surface area contributed by atoms with Gasteiger partial charge < -0.3 is 5.32 Å². The molecule has 1 saturated carbocycles. The van der Waals surface area contributed by atoms with Gasteiger partial charge in [-0.1, -0.05) is 58.1 Å². The van der Waals surface area contributed by atoms with Crippen LogP contribution in [0, 0.1) is 5.92 Å². The molecule has 1 aromatic carbocycles. The molecule has 0 radical (unpaired) electrons. The monoisotopic (exact) mass is 391 g/mol. The summed E-state index contributed by atoms with van der Waals surface area (Å²) >= 11 is 0. The highest BCUT2D eigenvalue weighted by molar-refractivity contribution is 7.90. The van der Waals surface area contributed by atoms with E-state index in [4.69, 9.17) is 0 Å². The van der Waals surface area contributed by atoms with Crippen LogP contribution in [0.2, 0.25) is 0 Å². The molecule has 1 aromatic rings. The third-order valence-electron chi connectivity index (χ3n) is 5.28. The molecule has 148 valence electrons. The van der Waals surface area contributed by atoms with Crippen molar-refractivity contribution in [1.29, 1.82) is 0 Å². The molecule has 1 aliphatic carbocycles. The van der Waals surface area contributed by atoms with Gasteiger partial charge in [0.1, 0.15) is 11.9 Å². The van der Waals surface area contributed by atoms with Crippen molar-refractivity contribution >= 4 is 21.8 Å². The average Bonchev–Trinajstić information content (AvgIpc) is 2.85. The first kappa shape index (κ1) is 19.9. The number of hydrogen-bond acceptors (Lipinski definition) is 4. The van der Waals surface area contributed by atoms with Crippen LogP contribution < -0.4 is 10.0 Å². The molecule has 0 saturated heterocycles. The summed E-state index contributed by atoms with van der Waals surface area (Å²) < 4.78 is 27.1. The Kier molecular flexibility index (Phi) is 6.19. The molecule has 0 spiro atoms. The molecule has 6 nitrogen and oxygen atoms in total. The van der Waals surface area contributed by atoms with Crippen LogP contribution in [0.1, 0.15) is 64.4 Å². The van der Waals surface area contributed by atoms with Gasteiger partial charge in [0, 0.05) is 11.6 Å². The molecule has 2 aliphatic rings. The van der Waals surface area contributed by atoms with E-state index >= 15 is 0 Å². The number of nitrogens with zero attached hydrogens (tertiary/aromatic N) is 1. The van der Waals surface area contributed by atoms with Crippen LogP contribution in [-0.2, 0) is 14.8 Å². The number of sulfonamides is 1. The molecule has 1 atom stereocenters. The SMILES string of the molecule is CC(C)[C@@H](N=C1NS(=O)(=O)c2ccccc21)C(=O)NC1CCCCCCC1. The molecule has 0 bridgehead atoms. The summed E-state index contributed by atoms with van der Waals surface area (Å²) in [6, 6.07) is 6.29. The predicted molar refractivity (Wildman–Crippen MR) is 106 cm³/mol. The topological polar surface area (TPSA) is 87.6 Å². The summed E-state index contributed by atoms with van der Waals surface area (Å²) in [5.74, 6) is 0.104. The minimum Gasteiger partial charge on any atom is -0.352 e. The van der Waals surface area contributed by atoms with Crippen molar-refractivity contribution in [2.45, 2.75) is 75.8 Å². The van der Waals surface area contributed by atoms with Crippen molar-refractivity contribution in [3.05, 3.63) is 29.8 Å². The predicted octanol–water partition coefficient (Wildman–Crippen LogP) is 2.98. The van der Waals surface area contributed by atoms with E-state index in [-0.39, 0.29) is 28.6 Å². The van der Waals surface area contributed by atoms with Gasteiger partial charge in [0.2, 0.25) is 5.91 Å². The van der Waals surface area contributed by atoms with Gasteiger partial charge in [-0.15, -0.1) is 0 Å². The van der Waals surface area contributed by atoms with Crippen molar-refractivity contribution in [2.24, 2.45) is 10.9 Å². The minimum atomic E-state index is -3.60. The van der Waals surface area contributed by atoms with E-state index < -0.39 is 16.1 Å². The van der Waals surface area contributed by atoms with Crippen LogP contribution in [0.15, 0.2) is 34.2 Å². The van der Waals surface area contributed by atoms with Gasteiger partial charge in [-0.3, -0.25) is 14.5 Å². The summed E-state index contributed by atoms with van der Waals surface area (Å²) in [4.78, 5) is 17.7. The van der Waals surface area contributed by atoms with E-state index in [0.717, 1.165) is 25.7 Å². The molecule has 2 N–H and O–H groups in total. The van der Waals surface area contributed by atoms with Crippen molar-refractivity contribution < 1.29 is 13.2 Å². The zero-order valence-electron chi connectivity index (χ0n) is 16.1. The summed E-state index contributed by atoms with van der Waals surface area (Å²) in [5, 5.41) is 3.16. The first-order valence-corrected chi connectivity index (χ1v) is 11.4. The maximum Gasteiger partial charge on any atom is 0.263 e. The Balaban J connectivity index is 1.80. The number of nitrogens with one attached hydrogen (secondary N) is 2. The van der Waals surface area contributed by atoms with Crippen molar-refractivity contribution in [2.75, 3.05) is 0 Å². The van der Waals surface area contributed by atoms with Crippen LogP contribution in [0.4, 0.5) is 0 Å². The van der Waals surface area contributed by atoms with Gasteiger partial charge in [-0.25, -0.2) is 8.42 Å². The summed E-state index contributed by atoms with van der Waals surface area (Å²) in [6.07, 6.45) is 8.01. The zero-order valence-corrected chi connectivity index (χ0v) is 16.9. The van der Waals surface area contributed by atoms with E-state index in [1.165, 1.54) is 19.3 Å². The van der Waals surface area contributed by atoms with Crippen molar-refractivity contribution in [3.63, 3.8) is 0 Å². The smallest absolute Gasteiger partial charge is 0.263 e. The second-order valence-electron chi connectivity index (χ2n) is 7.82. The van der Waals surface area contributed by atoms with E-state index in [1.54, 1.807) is 24.3 Å². The number of amides is 1. The van der Waals surface area contributed by atoms with E-state index in [2.05, 4.69) is 15.0 Å². The number of rotatable bonds is 4. The highest BCUT2D eigenvalue weighted by atomic mass is 32.2. The number of amidine groups is 1. The molecule has 0 unspecified atom stereocenters. The first-order valence-electron chi connectivity index (χ1n) is 9.89. The fraction of sp³-hybridized carbons (Fsp3) is 0.600. The lowest BCUT2D eigenvalue weighted by Crippen LogP contribution is -2.43. The summed E-state index contributed by atoms with van der Waals surface area (Å²) in [7, 11) is -3.60. The quantitative estimate of drug-likeness (QED) is 0.827. The lowest BCUT2D eigenvalue weighted by molar-refractivity contribution is -0.124. The van der Waals surface area contributed by atoms with E-state index in [9.17, 15) is 13.2 Å². The Morgan fingerprint density at radius 1 is 1.11 bits per heavy atom. The van der Waals surface area contributed by atoms with Crippen LogP contribution in [-0.4, -0.2) is 32.2 Å². The largest absolute Gasteiger partial charge is 0.352 e. The van der Waals surface area contributed by atoms with Crippen molar-refractivity contribution in [1.82, 2.24) is 10.0 Å². The number of hydrogen-bond donors (Lipinski definition) is 2. The molecule has 1 heterocycles. The average molecular weight is 392 g/mol. The second-order valence-corrected chi connectivity index (χ2v) is 9.47. The molecule has 27 heavy (non-hydrogen) atoms. The molecule has 1 fully saturated rings. The third-order valence-corrected chi connectivity index (χ3v) is 6.68. The Morgan fingerprint density at radius 3 is 2.41 bits per heavy atom. The van der Waals surface area contributed by atoms with E-state index in [0.29, 0.717) is 5.56 Å². The lowest BCUT2D eigenvalue weighted by atomic mass is 9.96. The second kappa shape index (κ2) is 8.42. The number of carbonyl (C=O) groups excluding carboxylic acids is 1. The minimum absolute atomic E-state index is 0.0386. The highest BCUT2D eigenvalue weighted by Gasteiger charge is 2.33. The van der Waals surface area contributed by atoms with Gasteiger partial charge in [-0.05, 0) is 30.9 Å². The zero-order chi connectivity index (χ0) is 19.4. The molecule has 1 aliphatic heterocycles. The fourth-order valence-electron chi connectivity index (χ4n) is 3.77. The van der Waals surface area contributed by atoms with Crippen LogP contribution in [0.5, 0.6) is 0 Å². The van der Waals surface area contributed by atoms with Gasteiger partial charge in [0.05, 0.1) is 4.90 Å². The van der Waals surface area contributed by atoms with E-state index in [1.807, 2.05) is 13.8 Å². The molecular weight excluding hydrogens is 362 g/mol. The fourth-order valence-corrected chi connectivity index (χ4v) is 5.01. The lowest BCUT2D eigenvalue weighted by Gasteiger charge is -2.24. The molecule has 3 rings (SSSR count). The standard InChI is InChI=1S/C20H29N3O3S/c1-14(2)18(20(24)21-15-10-6-4-3-5-7-11-15)22-19-16-12-8-9-13-17(16)27(25,26)23-19/h8-9,12-15,18H,3-7,10-11H2,1-2H3,(H,21,24)(H,22,23)/t18-/m1/s1. The van der Waals surface area contributed by atoms with Crippen molar-refractivity contribution in [3.8, 4) is 0 Å². The Labute approximate surface area is 161 Å². The van der Waals surface area contributed by atoms with Gasteiger partial charge >= 0.3 is 0 Å². The number of aliphatic imine (C=N–C) groups is 1. The van der Waals surface area contributed by atoms with Crippen LogP contribution in [0.25, 0.3) is 0 Å². The molecule has 0 aromatic heterocycles. The molecule has 7 heteroatoms. The molecule has 1 amide bonds. The number of carbonyl (C=O) groups is 1. The van der Waals surface area contributed by atoms with Crippen LogP contribution >= 0.6 is 0 Å². The van der Waals surface area contributed by atoms with Gasteiger partial charge in [-0.2, -0.15) is 0 Å².